The van der Waals surface area contributed by atoms with Crippen LogP contribution in [0.5, 0.6) is 11.5 Å². The van der Waals surface area contributed by atoms with Crippen LogP contribution in [0.2, 0.25) is 0 Å². The lowest BCUT2D eigenvalue weighted by Gasteiger charge is -2.32. The third kappa shape index (κ3) is 8.88. The van der Waals surface area contributed by atoms with Gasteiger partial charge in [-0.15, -0.1) is 0 Å². The molecule has 0 radical (unpaired) electrons. The largest absolute Gasteiger partial charge is 0.490 e. The average Bonchev–Trinajstić information content (AvgIpc) is 2.92. The van der Waals surface area contributed by atoms with E-state index in [1.54, 1.807) is 4.90 Å². The normalized spacial score (nSPS) is 11.6. The zero-order valence-corrected chi connectivity index (χ0v) is 23.9. The molecule has 0 bridgehead atoms. The van der Waals surface area contributed by atoms with Gasteiger partial charge in [0.05, 0.1) is 13.2 Å². The van der Waals surface area contributed by atoms with Gasteiger partial charge in [0, 0.05) is 25.4 Å². The molecule has 0 saturated carbocycles. The van der Waals surface area contributed by atoms with Gasteiger partial charge >= 0.3 is 0 Å². The van der Waals surface area contributed by atoms with Crippen LogP contribution in [0.4, 0.5) is 0 Å². The molecular formula is C33H42N2O4. The highest BCUT2D eigenvalue weighted by atomic mass is 16.5. The Morgan fingerprint density at radius 3 is 2.18 bits per heavy atom. The Morgan fingerprint density at radius 1 is 0.846 bits per heavy atom. The van der Waals surface area contributed by atoms with E-state index >= 15 is 0 Å². The minimum Gasteiger partial charge on any atom is -0.490 e. The van der Waals surface area contributed by atoms with Gasteiger partial charge in [-0.2, -0.15) is 0 Å². The molecule has 1 N–H and O–H groups in total. The highest BCUT2D eigenvalue weighted by Crippen LogP contribution is 2.29. The second-order valence-corrected chi connectivity index (χ2v) is 9.96. The molecule has 0 unspecified atom stereocenters. The smallest absolute Gasteiger partial charge is 0.243 e. The van der Waals surface area contributed by atoms with Gasteiger partial charge in [-0.25, -0.2) is 0 Å². The van der Waals surface area contributed by atoms with Crippen molar-refractivity contribution in [1.82, 2.24) is 10.2 Å². The zero-order valence-electron chi connectivity index (χ0n) is 23.9. The monoisotopic (exact) mass is 530 g/mol. The number of amides is 2. The topological polar surface area (TPSA) is 67.9 Å². The van der Waals surface area contributed by atoms with Crippen molar-refractivity contribution in [3.63, 3.8) is 0 Å². The van der Waals surface area contributed by atoms with E-state index in [1.807, 2.05) is 107 Å². The summed E-state index contributed by atoms with van der Waals surface area (Å²) < 4.78 is 11.5. The lowest BCUT2D eigenvalue weighted by Crippen LogP contribution is -2.51. The first kappa shape index (κ1) is 29.8. The summed E-state index contributed by atoms with van der Waals surface area (Å²) in [5, 5.41) is 3.05. The summed E-state index contributed by atoms with van der Waals surface area (Å²) in [7, 11) is 0. The van der Waals surface area contributed by atoms with Gasteiger partial charge in [-0.3, -0.25) is 9.59 Å². The number of ether oxygens (including phenoxy) is 2. The SMILES string of the molecule is CCOc1ccc(CCC(=O)N(Cc2ccccc2C)[C@@H](Cc2ccccc2)C(=O)NC(C)C)cc1OCC. The molecule has 0 heterocycles. The molecule has 3 aromatic carbocycles. The first-order valence-electron chi connectivity index (χ1n) is 13.9. The molecule has 1 atom stereocenters. The number of aryl methyl sites for hydroxylation is 2. The van der Waals surface area contributed by atoms with E-state index in [0.29, 0.717) is 44.1 Å². The van der Waals surface area contributed by atoms with Gasteiger partial charge in [0.2, 0.25) is 11.8 Å². The maximum atomic E-state index is 13.9. The van der Waals surface area contributed by atoms with Crippen molar-refractivity contribution >= 4 is 11.8 Å². The first-order valence-corrected chi connectivity index (χ1v) is 13.9. The number of nitrogens with one attached hydrogen (secondary N) is 1. The van der Waals surface area contributed by atoms with Crippen LogP contribution in [0.1, 0.15) is 56.4 Å². The van der Waals surface area contributed by atoms with Crippen LogP contribution in [-0.2, 0) is 29.0 Å². The van der Waals surface area contributed by atoms with E-state index < -0.39 is 6.04 Å². The van der Waals surface area contributed by atoms with Crippen molar-refractivity contribution in [2.24, 2.45) is 0 Å². The molecule has 2 amide bonds. The predicted molar refractivity (Wildman–Crippen MR) is 156 cm³/mol. The van der Waals surface area contributed by atoms with Crippen LogP contribution >= 0.6 is 0 Å². The molecule has 3 rings (SSSR count). The Kier molecular flexibility index (Phi) is 11.4. The number of rotatable bonds is 14. The van der Waals surface area contributed by atoms with E-state index in [4.69, 9.17) is 9.47 Å². The van der Waals surface area contributed by atoms with E-state index in [0.717, 1.165) is 22.3 Å². The van der Waals surface area contributed by atoms with Crippen molar-refractivity contribution in [3.8, 4) is 11.5 Å². The summed E-state index contributed by atoms with van der Waals surface area (Å²) in [6.07, 6.45) is 1.24. The van der Waals surface area contributed by atoms with Gasteiger partial charge < -0.3 is 19.7 Å². The summed E-state index contributed by atoms with van der Waals surface area (Å²) >= 11 is 0. The van der Waals surface area contributed by atoms with E-state index in [1.165, 1.54) is 0 Å². The Balaban J connectivity index is 1.90. The fourth-order valence-corrected chi connectivity index (χ4v) is 4.55. The van der Waals surface area contributed by atoms with Crippen molar-refractivity contribution in [2.45, 2.75) is 72.5 Å². The molecule has 6 nitrogen and oxygen atoms in total. The van der Waals surface area contributed by atoms with Gasteiger partial charge in [0.15, 0.2) is 11.5 Å². The fourth-order valence-electron chi connectivity index (χ4n) is 4.55. The lowest BCUT2D eigenvalue weighted by atomic mass is 10.00. The molecule has 0 saturated heterocycles. The quantitative estimate of drug-likeness (QED) is 0.282. The molecule has 0 aliphatic carbocycles. The Morgan fingerprint density at radius 2 is 1.51 bits per heavy atom. The van der Waals surface area contributed by atoms with Gasteiger partial charge in [-0.1, -0.05) is 60.7 Å². The summed E-state index contributed by atoms with van der Waals surface area (Å²) in [4.78, 5) is 29.2. The van der Waals surface area contributed by atoms with Crippen molar-refractivity contribution in [2.75, 3.05) is 13.2 Å². The summed E-state index contributed by atoms with van der Waals surface area (Å²) in [6.45, 7) is 11.2. The molecule has 0 fully saturated rings. The number of nitrogens with zero attached hydrogens (tertiary/aromatic N) is 1. The first-order chi connectivity index (χ1) is 18.8. The maximum Gasteiger partial charge on any atom is 0.243 e. The molecule has 0 aliphatic heterocycles. The molecule has 0 spiro atoms. The predicted octanol–water partition coefficient (Wildman–Crippen LogP) is 5.89. The van der Waals surface area contributed by atoms with Crippen LogP contribution in [0.3, 0.4) is 0 Å². The van der Waals surface area contributed by atoms with Crippen LogP contribution < -0.4 is 14.8 Å². The van der Waals surface area contributed by atoms with Crippen molar-refractivity contribution in [3.05, 3.63) is 95.1 Å². The minimum absolute atomic E-state index is 0.0352. The number of benzene rings is 3. The van der Waals surface area contributed by atoms with E-state index in [-0.39, 0.29) is 24.3 Å². The van der Waals surface area contributed by atoms with Gasteiger partial charge in [0.25, 0.3) is 0 Å². The van der Waals surface area contributed by atoms with Gasteiger partial charge in [-0.05, 0) is 75.4 Å². The Bertz CT molecular complexity index is 1210. The highest BCUT2D eigenvalue weighted by Gasteiger charge is 2.30. The van der Waals surface area contributed by atoms with Gasteiger partial charge in [0.1, 0.15) is 6.04 Å². The number of carbonyl (C=O) groups is 2. The Labute approximate surface area is 233 Å². The minimum atomic E-state index is -0.638. The van der Waals surface area contributed by atoms with Crippen LogP contribution in [0.25, 0.3) is 0 Å². The lowest BCUT2D eigenvalue weighted by molar-refractivity contribution is -0.141. The van der Waals surface area contributed by atoms with Crippen molar-refractivity contribution in [1.29, 1.82) is 0 Å². The second kappa shape index (κ2) is 15.0. The second-order valence-electron chi connectivity index (χ2n) is 9.96. The van der Waals surface area contributed by atoms with Crippen LogP contribution in [-0.4, -0.2) is 42.0 Å². The Hall–Kier alpha value is -3.80. The summed E-state index contributed by atoms with van der Waals surface area (Å²) in [5.41, 5.74) is 4.11. The number of hydrogen-bond acceptors (Lipinski definition) is 4. The molecule has 208 valence electrons. The number of carbonyl (C=O) groups excluding carboxylic acids is 2. The molecular weight excluding hydrogens is 488 g/mol. The molecule has 3 aromatic rings. The fraction of sp³-hybridized carbons (Fsp3) is 0.394. The van der Waals surface area contributed by atoms with E-state index in [9.17, 15) is 9.59 Å². The summed E-state index contributed by atoms with van der Waals surface area (Å²) in [5.74, 6) is 1.17. The molecule has 6 heteroatoms. The number of hydrogen-bond donors (Lipinski definition) is 1. The third-order valence-electron chi connectivity index (χ3n) is 6.54. The van der Waals surface area contributed by atoms with Crippen molar-refractivity contribution < 1.29 is 19.1 Å². The molecule has 39 heavy (non-hydrogen) atoms. The molecule has 0 aromatic heterocycles. The zero-order chi connectivity index (χ0) is 28.2. The third-order valence-corrected chi connectivity index (χ3v) is 6.54. The van der Waals surface area contributed by atoms with E-state index in [2.05, 4.69) is 5.32 Å². The average molecular weight is 531 g/mol. The summed E-state index contributed by atoms with van der Waals surface area (Å²) in [6, 6.07) is 23.0. The highest BCUT2D eigenvalue weighted by molar-refractivity contribution is 5.88. The van der Waals surface area contributed by atoms with Crippen LogP contribution in [0, 0.1) is 6.92 Å². The van der Waals surface area contributed by atoms with Crippen LogP contribution in [0.15, 0.2) is 72.8 Å². The molecule has 0 aliphatic rings. The maximum absolute atomic E-state index is 13.9. The standard InChI is InChI=1S/C33H42N2O4/c1-6-38-30-19-17-27(22-31(30)39-7-2)18-20-32(36)35(23-28-16-12-11-13-25(28)5)29(33(37)34-24(3)4)21-26-14-9-8-10-15-26/h8-17,19,22,24,29H,6-7,18,20-21,23H2,1-5H3,(H,34,37)/t29-/m0/s1.